The third-order valence-corrected chi connectivity index (χ3v) is 4.71. The van der Waals surface area contributed by atoms with Crippen LogP contribution < -0.4 is 0 Å². The fourth-order valence-corrected chi connectivity index (χ4v) is 2.94. The Hall–Kier alpha value is -0.750. The van der Waals surface area contributed by atoms with Gasteiger partial charge in [0.25, 0.3) is 9.84 Å². The second-order valence-corrected chi connectivity index (χ2v) is 6.56. The van der Waals surface area contributed by atoms with E-state index in [1.807, 2.05) is 0 Å². The Balaban J connectivity index is 2.66. The summed E-state index contributed by atoms with van der Waals surface area (Å²) in [6, 6.07) is 3.93. The number of unbranched alkanes of at least 4 members (excludes halogenated alkanes) is 3. The lowest BCUT2D eigenvalue weighted by Gasteiger charge is -2.16. The molecule has 0 bridgehead atoms. The largest absolute Gasteiger partial charge is 0.351 e. The van der Waals surface area contributed by atoms with E-state index in [1.165, 1.54) is 18.3 Å². The van der Waals surface area contributed by atoms with Gasteiger partial charge in [-0.15, -0.1) is 11.6 Å². The molecule has 1 aromatic heterocycles. The molecule has 0 radical (unpaired) electrons. The SMILES string of the molecule is O=S(=O)(c1ccccn1)C(F)(F)CCCCCCCl. The standard InChI is InChI=1S/C12H16ClF2NO2S/c13-9-5-2-1-4-8-12(14,15)19(17,18)11-7-3-6-10-16-11/h3,6-7,10H,1-2,4-5,8-9H2. The van der Waals surface area contributed by atoms with Crippen molar-refractivity contribution in [2.45, 2.75) is 42.4 Å². The molecule has 108 valence electrons. The van der Waals surface area contributed by atoms with Gasteiger partial charge in [-0.1, -0.05) is 18.9 Å². The number of rotatable bonds is 8. The molecule has 1 rings (SSSR count). The van der Waals surface area contributed by atoms with Gasteiger partial charge in [0.15, 0.2) is 5.03 Å². The lowest BCUT2D eigenvalue weighted by Crippen LogP contribution is -2.29. The monoisotopic (exact) mass is 311 g/mol. The maximum absolute atomic E-state index is 13.7. The first-order chi connectivity index (χ1) is 8.92. The zero-order chi connectivity index (χ0) is 14.4. The molecule has 7 heteroatoms. The number of hydrogen-bond donors (Lipinski definition) is 0. The van der Waals surface area contributed by atoms with Gasteiger partial charge in [0.2, 0.25) is 0 Å². The number of aromatic nitrogens is 1. The van der Waals surface area contributed by atoms with Gasteiger partial charge in [0.05, 0.1) is 0 Å². The van der Waals surface area contributed by atoms with Gasteiger partial charge in [0.1, 0.15) is 0 Å². The Labute approximate surface area is 116 Å². The van der Waals surface area contributed by atoms with Crippen LogP contribution in [0.25, 0.3) is 0 Å². The quantitative estimate of drug-likeness (QED) is 0.544. The molecule has 0 aliphatic carbocycles. The molecule has 0 N–H and O–H groups in total. The number of pyridine rings is 1. The van der Waals surface area contributed by atoms with Crippen molar-refractivity contribution >= 4 is 21.4 Å². The summed E-state index contributed by atoms with van der Waals surface area (Å²) in [5, 5.41) is -4.36. The van der Waals surface area contributed by atoms with Crippen molar-refractivity contribution in [3.05, 3.63) is 24.4 Å². The minimum atomic E-state index is -4.70. The van der Waals surface area contributed by atoms with E-state index in [2.05, 4.69) is 4.98 Å². The molecular weight excluding hydrogens is 296 g/mol. The molecule has 0 atom stereocenters. The molecule has 0 spiro atoms. The summed E-state index contributed by atoms with van der Waals surface area (Å²) in [7, 11) is -4.70. The van der Waals surface area contributed by atoms with E-state index in [1.54, 1.807) is 0 Å². The predicted octanol–water partition coefficient (Wildman–Crippen LogP) is 3.64. The Morgan fingerprint density at radius 3 is 2.42 bits per heavy atom. The number of nitrogens with zero attached hydrogens (tertiary/aromatic N) is 1. The lowest BCUT2D eigenvalue weighted by molar-refractivity contribution is 0.0785. The number of sulfone groups is 1. The van der Waals surface area contributed by atoms with Crippen molar-refractivity contribution in [2.24, 2.45) is 0 Å². The molecule has 0 aromatic carbocycles. The molecule has 0 saturated heterocycles. The summed E-state index contributed by atoms with van der Waals surface area (Å²) < 4.78 is 51.0. The van der Waals surface area contributed by atoms with Crippen molar-refractivity contribution in [1.82, 2.24) is 4.98 Å². The highest BCUT2D eigenvalue weighted by Crippen LogP contribution is 2.32. The maximum Gasteiger partial charge on any atom is 0.351 e. The number of alkyl halides is 3. The van der Waals surface area contributed by atoms with Gasteiger partial charge in [-0.05, 0) is 25.0 Å². The zero-order valence-corrected chi connectivity index (χ0v) is 11.9. The summed E-state index contributed by atoms with van der Waals surface area (Å²) in [6.45, 7) is 0. The summed E-state index contributed by atoms with van der Waals surface area (Å²) in [5.74, 6) is 0.489. The Kier molecular flexibility index (Phi) is 6.13. The first-order valence-electron chi connectivity index (χ1n) is 6.01. The van der Waals surface area contributed by atoms with E-state index in [-0.39, 0.29) is 6.42 Å². The van der Waals surface area contributed by atoms with Gasteiger partial charge in [-0.2, -0.15) is 8.78 Å². The summed E-state index contributed by atoms with van der Waals surface area (Å²) in [4.78, 5) is 3.49. The molecule has 0 amide bonds. The average molecular weight is 312 g/mol. The highest BCUT2D eigenvalue weighted by atomic mass is 35.5. The van der Waals surface area contributed by atoms with E-state index in [4.69, 9.17) is 11.6 Å². The minimum Gasteiger partial charge on any atom is -0.245 e. The normalized spacial score (nSPS) is 12.6. The van der Waals surface area contributed by atoms with Crippen LogP contribution >= 0.6 is 11.6 Å². The molecule has 0 saturated carbocycles. The van der Waals surface area contributed by atoms with Gasteiger partial charge in [-0.25, -0.2) is 13.4 Å². The average Bonchev–Trinajstić information content (AvgIpc) is 2.39. The Morgan fingerprint density at radius 2 is 1.84 bits per heavy atom. The molecule has 1 aromatic rings. The smallest absolute Gasteiger partial charge is 0.245 e. The minimum absolute atomic E-state index is 0.149. The van der Waals surface area contributed by atoms with E-state index < -0.39 is 26.5 Å². The third kappa shape index (κ3) is 4.38. The van der Waals surface area contributed by atoms with Crippen molar-refractivity contribution in [2.75, 3.05) is 5.88 Å². The van der Waals surface area contributed by atoms with Gasteiger partial charge in [0, 0.05) is 18.5 Å². The van der Waals surface area contributed by atoms with Crippen LogP contribution in [0.1, 0.15) is 32.1 Å². The second-order valence-electron chi connectivity index (χ2n) is 4.16. The van der Waals surface area contributed by atoms with Crippen LogP contribution in [0.3, 0.4) is 0 Å². The Morgan fingerprint density at radius 1 is 1.16 bits per heavy atom. The molecule has 0 aliphatic heterocycles. The third-order valence-electron chi connectivity index (χ3n) is 2.66. The fourth-order valence-electron chi connectivity index (χ4n) is 1.57. The van der Waals surface area contributed by atoms with Crippen LogP contribution in [-0.4, -0.2) is 24.5 Å². The summed E-state index contributed by atoms with van der Waals surface area (Å²) in [5.41, 5.74) is 0. The molecule has 0 aliphatic rings. The molecule has 1 heterocycles. The highest BCUT2D eigenvalue weighted by Gasteiger charge is 2.45. The van der Waals surface area contributed by atoms with Crippen LogP contribution in [0.2, 0.25) is 0 Å². The zero-order valence-electron chi connectivity index (χ0n) is 10.4. The van der Waals surface area contributed by atoms with Crippen LogP contribution in [0.4, 0.5) is 8.78 Å². The number of halogens is 3. The molecular formula is C12H16ClF2NO2S. The molecule has 3 nitrogen and oxygen atoms in total. The Bertz CT molecular complexity index is 480. The highest BCUT2D eigenvalue weighted by molar-refractivity contribution is 7.92. The molecule has 0 fully saturated rings. The van der Waals surface area contributed by atoms with Crippen LogP contribution in [0, 0.1) is 0 Å². The van der Waals surface area contributed by atoms with Crippen molar-refractivity contribution < 1.29 is 17.2 Å². The van der Waals surface area contributed by atoms with Crippen LogP contribution in [0.15, 0.2) is 29.4 Å². The van der Waals surface area contributed by atoms with Gasteiger partial charge in [-0.3, -0.25) is 0 Å². The van der Waals surface area contributed by atoms with Gasteiger partial charge >= 0.3 is 5.25 Å². The number of hydrogen-bond acceptors (Lipinski definition) is 3. The van der Waals surface area contributed by atoms with Crippen LogP contribution in [0.5, 0.6) is 0 Å². The summed E-state index contributed by atoms with van der Waals surface area (Å²) >= 11 is 5.47. The van der Waals surface area contributed by atoms with E-state index in [0.29, 0.717) is 12.3 Å². The van der Waals surface area contributed by atoms with Crippen molar-refractivity contribution in [3.63, 3.8) is 0 Å². The van der Waals surface area contributed by atoms with E-state index >= 15 is 0 Å². The topological polar surface area (TPSA) is 47.0 Å². The summed E-state index contributed by atoms with van der Waals surface area (Å²) in [6.07, 6.45) is 2.66. The van der Waals surface area contributed by atoms with Crippen LogP contribution in [-0.2, 0) is 9.84 Å². The maximum atomic E-state index is 13.7. The molecule has 0 unspecified atom stereocenters. The first kappa shape index (κ1) is 16.3. The first-order valence-corrected chi connectivity index (χ1v) is 8.03. The fraction of sp³-hybridized carbons (Fsp3) is 0.583. The van der Waals surface area contributed by atoms with E-state index in [0.717, 1.165) is 18.9 Å². The van der Waals surface area contributed by atoms with Crippen molar-refractivity contribution in [1.29, 1.82) is 0 Å². The lowest BCUT2D eigenvalue weighted by atomic mass is 10.2. The predicted molar refractivity (Wildman–Crippen MR) is 70.2 cm³/mol. The second kappa shape index (κ2) is 7.14. The van der Waals surface area contributed by atoms with Gasteiger partial charge < -0.3 is 0 Å². The van der Waals surface area contributed by atoms with Crippen molar-refractivity contribution in [3.8, 4) is 0 Å². The van der Waals surface area contributed by atoms with E-state index in [9.17, 15) is 17.2 Å². The molecule has 19 heavy (non-hydrogen) atoms.